The van der Waals surface area contributed by atoms with E-state index in [0.717, 1.165) is 16.9 Å². The lowest BCUT2D eigenvalue weighted by molar-refractivity contribution is 0.813. The molecule has 2 nitrogen and oxygen atoms in total. The number of thiol groups is 1. The number of rotatable bonds is 0. The smallest absolute Gasteiger partial charge is 0.143 e. The van der Waals surface area contributed by atoms with Gasteiger partial charge >= 0.3 is 0 Å². The number of aromatic nitrogens is 2. The normalized spacial score (nSPS) is 15.8. The number of fused-ring (bicyclic) bond motifs is 5. The molecule has 0 saturated carbocycles. The average molecular weight is 338 g/mol. The van der Waals surface area contributed by atoms with Crippen molar-refractivity contribution in [2.24, 2.45) is 0 Å². The molecule has 0 fully saturated rings. The Labute approximate surface area is 150 Å². The van der Waals surface area contributed by atoms with Crippen LogP contribution in [-0.2, 0) is 0 Å². The van der Waals surface area contributed by atoms with Crippen LogP contribution in [-0.4, -0.2) is 9.55 Å². The quantitative estimate of drug-likeness (QED) is 0.353. The predicted molar refractivity (Wildman–Crippen MR) is 107 cm³/mol. The molecule has 6 rings (SSSR count). The highest BCUT2D eigenvalue weighted by Crippen LogP contribution is 2.44. The van der Waals surface area contributed by atoms with E-state index in [-0.39, 0.29) is 5.37 Å². The molecular formula is C22H14N2S. The van der Waals surface area contributed by atoms with Crippen LogP contribution in [0.15, 0.2) is 72.8 Å². The third-order valence-corrected chi connectivity index (χ3v) is 5.77. The predicted octanol–water partition coefficient (Wildman–Crippen LogP) is 5.80. The van der Waals surface area contributed by atoms with Gasteiger partial charge in [0.1, 0.15) is 11.2 Å². The first-order valence-corrected chi connectivity index (χ1v) is 8.94. The molecule has 1 aliphatic heterocycles. The lowest BCUT2D eigenvalue weighted by atomic mass is 9.96. The topological polar surface area (TPSA) is 17.8 Å². The molecule has 4 aromatic carbocycles. The van der Waals surface area contributed by atoms with Crippen molar-refractivity contribution < 1.29 is 0 Å². The third kappa shape index (κ3) is 1.68. The lowest BCUT2D eigenvalue weighted by Gasteiger charge is -2.25. The number of hydrogen-bond donors (Lipinski definition) is 1. The molecule has 1 atom stereocenters. The molecular weight excluding hydrogens is 324 g/mol. The van der Waals surface area contributed by atoms with Crippen molar-refractivity contribution in [1.29, 1.82) is 0 Å². The molecule has 0 bridgehead atoms. The monoisotopic (exact) mass is 338 g/mol. The van der Waals surface area contributed by atoms with E-state index < -0.39 is 0 Å². The average Bonchev–Trinajstić information content (AvgIpc) is 3.02. The minimum absolute atomic E-state index is 0.0280. The van der Waals surface area contributed by atoms with Crippen LogP contribution in [0.1, 0.15) is 10.9 Å². The Kier molecular flexibility index (Phi) is 2.51. The number of hydrogen-bond acceptors (Lipinski definition) is 2. The molecule has 2 heterocycles. The van der Waals surface area contributed by atoms with Crippen LogP contribution in [0.3, 0.4) is 0 Å². The van der Waals surface area contributed by atoms with E-state index in [1.54, 1.807) is 0 Å². The molecule has 3 heteroatoms. The van der Waals surface area contributed by atoms with Gasteiger partial charge in [0.25, 0.3) is 0 Å². The van der Waals surface area contributed by atoms with Gasteiger partial charge in [0.2, 0.25) is 0 Å². The molecule has 118 valence electrons. The van der Waals surface area contributed by atoms with Gasteiger partial charge in [0.05, 0.1) is 11.0 Å². The fraction of sp³-hybridized carbons (Fsp3) is 0.0455. The third-order valence-electron chi connectivity index (χ3n) is 5.26. The van der Waals surface area contributed by atoms with Gasteiger partial charge in [-0.2, -0.15) is 0 Å². The largest absolute Gasteiger partial charge is 0.307 e. The van der Waals surface area contributed by atoms with Crippen molar-refractivity contribution >= 4 is 45.2 Å². The van der Waals surface area contributed by atoms with Crippen LogP contribution in [0, 0.1) is 0 Å². The van der Waals surface area contributed by atoms with Crippen LogP contribution in [0.2, 0.25) is 0 Å². The van der Waals surface area contributed by atoms with Gasteiger partial charge < -0.3 is 4.57 Å². The highest BCUT2D eigenvalue weighted by molar-refractivity contribution is 7.80. The fourth-order valence-electron chi connectivity index (χ4n) is 4.13. The van der Waals surface area contributed by atoms with Crippen molar-refractivity contribution in [3.05, 3.63) is 78.4 Å². The Balaban J connectivity index is 1.81. The second-order valence-electron chi connectivity index (χ2n) is 6.62. The Morgan fingerprint density at radius 1 is 0.800 bits per heavy atom. The molecule has 1 aliphatic rings. The zero-order valence-corrected chi connectivity index (χ0v) is 14.2. The molecule has 5 aromatic rings. The molecule has 0 saturated heterocycles. The van der Waals surface area contributed by atoms with Gasteiger partial charge in [0.15, 0.2) is 0 Å². The zero-order valence-electron chi connectivity index (χ0n) is 13.3. The van der Waals surface area contributed by atoms with Gasteiger partial charge in [-0.15, -0.1) is 12.6 Å². The highest BCUT2D eigenvalue weighted by atomic mass is 32.1. The maximum Gasteiger partial charge on any atom is 0.143 e. The molecule has 0 amide bonds. The molecule has 1 aromatic heterocycles. The first kappa shape index (κ1) is 13.5. The minimum atomic E-state index is -0.0280. The van der Waals surface area contributed by atoms with Crippen molar-refractivity contribution in [3.63, 3.8) is 0 Å². The van der Waals surface area contributed by atoms with E-state index in [0.29, 0.717) is 0 Å². The minimum Gasteiger partial charge on any atom is -0.307 e. The van der Waals surface area contributed by atoms with Crippen molar-refractivity contribution in [1.82, 2.24) is 9.55 Å². The first-order chi connectivity index (χ1) is 12.3. The summed E-state index contributed by atoms with van der Waals surface area (Å²) in [6, 6.07) is 25.8. The van der Waals surface area contributed by atoms with E-state index in [1.165, 1.54) is 32.7 Å². The zero-order chi connectivity index (χ0) is 16.5. The summed E-state index contributed by atoms with van der Waals surface area (Å²) in [6.45, 7) is 0. The summed E-state index contributed by atoms with van der Waals surface area (Å²) in [6.07, 6.45) is 0. The summed E-state index contributed by atoms with van der Waals surface area (Å²) in [4.78, 5) is 4.99. The Morgan fingerprint density at radius 2 is 1.52 bits per heavy atom. The molecule has 1 unspecified atom stereocenters. The summed E-state index contributed by atoms with van der Waals surface area (Å²) in [5.41, 5.74) is 4.60. The van der Waals surface area contributed by atoms with Gasteiger partial charge in [0, 0.05) is 5.56 Å². The van der Waals surface area contributed by atoms with Crippen LogP contribution < -0.4 is 0 Å². The van der Waals surface area contributed by atoms with Crippen molar-refractivity contribution in [3.8, 4) is 11.4 Å². The number of benzene rings is 4. The summed E-state index contributed by atoms with van der Waals surface area (Å²) in [7, 11) is 0. The highest BCUT2D eigenvalue weighted by Gasteiger charge is 2.27. The summed E-state index contributed by atoms with van der Waals surface area (Å²) >= 11 is 4.98. The SMILES string of the molecule is SC1c2cccc3cccc(c23)-c2nc3cc4ccccc4cc3n21. The van der Waals surface area contributed by atoms with Crippen molar-refractivity contribution in [2.45, 2.75) is 5.37 Å². The summed E-state index contributed by atoms with van der Waals surface area (Å²) < 4.78 is 2.27. The molecule has 0 aliphatic carbocycles. The molecule has 0 N–H and O–H groups in total. The van der Waals surface area contributed by atoms with E-state index in [1.807, 2.05) is 0 Å². The lowest BCUT2D eigenvalue weighted by Crippen LogP contribution is -2.12. The van der Waals surface area contributed by atoms with E-state index >= 15 is 0 Å². The Bertz CT molecular complexity index is 1310. The van der Waals surface area contributed by atoms with Gasteiger partial charge in [-0.3, -0.25) is 0 Å². The Hall–Kier alpha value is -2.78. The van der Waals surface area contributed by atoms with Gasteiger partial charge in [-0.05, 0) is 39.2 Å². The Morgan fingerprint density at radius 3 is 2.36 bits per heavy atom. The summed E-state index contributed by atoms with van der Waals surface area (Å²) in [5, 5.41) is 4.95. The van der Waals surface area contributed by atoms with Gasteiger partial charge in [-0.1, -0.05) is 60.7 Å². The molecule has 0 spiro atoms. The van der Waals surface area contributed by atoms with Gasteiger partial charge in [-0.25, -0.2) is 4.98 Å². The number of imidazole rings is 1. The molecule has 0 radical (unpaired) electrons. The summed E-state index contributed by atoms with van der Waals surface area (Å²) in [5.74, 6) is 1.01. The van der Waals surface area contributed by atoms with Crippen LogP contribution in [0.5, 0.6) is 0 Å². The van der Waals surface area contributed by atoms with E-state index in [2.05, 4.69) is 77.4 Å². The first-order valence-electron chi connectivity index (χ1n) is 8.42. The van der Waals surface area contributed by atoms with Crippen LogP contribution in [0.4, 0.5) is 0 Å². The van der Waals surface area contributed by atoms with E-state index in [4.69, 9.17) is 17.6 Å². The van der Waals surface area contributed by atoms with E-state index in [9.17, 15) is 0 Å². The van der Waals surface area contributed by atoms with Crippen LogP contribution in [0.25, 0.3) is 44.0 Å². The fourth-order valence-corrected chi connectivity index (χ4v) is 4.58. The maximum absolute atomic E-state index is 4.99. The number of nitrogens with zero attached hydrogens (tertiary/aromatic N) is 2. The van der Waals surface area contributed by atoms with Crippen LogP contribution >= 0.6 is 12.6 Å². The molecule has 25 heavy (non-hydrogen) atoms. The second kappa shape index (κ2) is 4.64. The maximum atomic E-state index is 4.99. The second-order valence-corrected chi connectivity index (χ2v) is 7.11. The van der Waals surface area contributed by atoms with Crippen molar-refractivity contribution in [2.75, 3.05) is 0 Å². The standard InChI is InChI=1S/C22H14N2S/c25-22-17-10-4-8-13-7-3-9-16(20(13)17)21-23-18-11-14-5-1-2-6-15(14)12-19(18)24(21)22/h1-12,22,25H.